The predicted octanol–water partition coefficient (Wildman–Crippen LogP) is 1.03. The van der Waals surface area contributed by atoms with Crippen LogP contribution in [0.5, 0.6) is 0 Å². The zero-order valence-electron chi connectivity index (χ0n) is 9.14. The van der Waals surface area contributed by atoms with Gasteiger partial charge in [-0.3, -0.25) is 0 Å². The Kier molecular flexibility index (Phi) is 3.13. The number of methoxy groups -OCH3 is 1. The maximum absolute atomic E-state index is 9.10. The lowest BCUT2D eigenvalue weighted by atomic mass is 10.2. The Morgan fingerprint density at radius 1 is 1.65 bits per heavy atom. The summed E-state index contributed by atoms with van der Waals surface area (Å²) in [6, 6.07) is 2.06. The monoisotopic (exact) mass is 251 g/mol. The van der Waals surface area contributed by atoms with Gasteiger partial charge in [-0.15, -0.1) is 5.10 Å². The van der Waals surface area contributed by atoms with Gasteiger partial charge in [-0.25, -0.2) is 9.50 Å². The fraction of sp³-hybridized carbons (Fsp3) is 0.300. The highest BCUT2D eigenvalue weighted by Gasteiger charge is 2.17. The Balaban J connectivity index is 2.68. The summed E-state index contributed by atoms with van der Waals surface area (Å²) in [6.07, 6.45) is 2.03. The zero-order valence-corrected chi connectivity index (χ0v) is 9.90. The molecule has 2 aromatic rings. The number of hydrogen-bond donors (Lipinski definition) is 1. The first-order valence-corrected chi connectivity index (χ1v) is 5.27. The highest BCUT2D eigenvalue weighted by atomic mass is 35.5. The van der Waals surface area contributed by atoms with Crippen LogP contribution in [0, 0.1) is 11.3 Å². The second kappa shape index (κ2) is 4.57. The van der Waals surface area contributed by atoms with Crippen LogP contribution in [0.3, 0.4) is 0 Å². The van der Waals surface area contributed by atoms with E-state index in [9.17, 15) is 0 Å². The lowest BCUT2D eigenvalue weighted by molar-refractivity contribution is 0.201. The third-order valence-corrected chi connectivity index (χ3v) is 2.78. The van der Waals surface area contributed by atoms with Gasteiger partial charge in [0.1, 0.15) is 11.6 Å². The topological polar surface area (TPSA) is 89.2 Å². The van der Waals surface area contributed by atoms with Crippen LogP contribution in [0.25, 0.3) is 5.52 Å². The Morgan fingerprint density at radius 3 is 3.06 bits per heavy atom. The van der Waals surface area contributed by atoms with Crippen LogP contribution in [-0.4, -0.2) is 28.3 Å². The molecule has 0 aromatic carbocycles. The summed E-state index contributed by atoms with van der Waals surface area (Å²) in [5, 5.41) is 13.5. The van der Waals surface area contributed by atoms with E-state index >= 15 is 0 Å². The number of nitrogens with zero attached hydrogens (tertiary/aromatic N) is 4. The van der Waals surface area contributed by atoms with E-state index in [4.69, 9.17) is 27.3 Å². The van der Waals surface area contributed by atoms with Crippen LogP contribution in [0.1, 0.15) is 11.3 Å². The lowest BCUT2D eigenvalue weighted by Gasteiger charge is -2.01. The number of anilines is 1. The molecule has 0 saturated carbocycles. The SMILES string of the molecule is COCCc1c(C#N)c(Cl)c2cnc(N)nn12. The fourth-order valence-electron chi connectivity index (χ4n) is 1.62. The van der Waals surface area contributed by atoms with E-state index in [1.807, 2.05) is 0 Å². The van der Waals surface area contributed by atoms with Gasteiger partial charge in [0.25, 0.3) is 0 Å². The maximum Gasteiger partial charge on any atom is 0.238 e. The minimum Gasteiger partial charge on any atom is -0.384 e. The zero-order chi connectivity index (χ0) is 12.4. The summed E-state index contributed by atoms with van der Waals surface area (Å²) in [6.45, 7) is 0.473. The van der Waals surface area contributed by atoms with Gasteiger partial charge >= 0.3 is 0 Å². The molecule has 88 valence electrons. The van der Waals surface area contributed by atoms with Crippen molar-refractivity contribution >= 4 is 23.1 Å². The maximum atomic E-state index is 9.10. The smallest absolute Gasteiger partial charge is 0.238 e. The Hall–Kier alpha value is -1.84. The molecule has 2 N–H and O–H groups in total. The molecule has 0 bridgehead atoms. The van der Waals surface area contributed by atoms with E-state index in [0.29, 0.717) is 34.8 Å². The summed E-state index contributed by atoms with van der Waals surface area (Å²) in [5.41, 5.74) is 7.17. The van der Waals surface area contributed by atoms with Crippen molar-refractivity contribution in [2.24, 2.45) is 0 Å². The molecule has 17 heavy (non-hydrogen) atoms. The first-order valence-electron chi connectivity index (χ1n) is 4.89. The van der Waals surface area contributed by atoms with Crippen LogP contribution in [0.4, 0.5) is 5.95 Å². The van der Waals surface area contributed by atoms with E-state index in [1.54, 1.807) is 11.6 Å². The minimum absolute atomic E-state index is 0.132. The summed E-state index contributed by atoms with van der Waals surface area (Å²) in [4.78, 5) is 3.86. The molecule has 0 atom stereocenters. The second-order valence-electron chi connectivity index (χ2n) is 3.40. The minimum atomic E-state index is 0.132. The molecule has 0 amide bonds. The molecular formula is C10H10ClN5O. The van der Waals surface area contributed by atoms with Gasteiger partial charge in [0.05, 0.1) is 29.1 Å². The van der Waals surface area contributed by atoms with Crippen molar-refractivity contribution in [1.29, 1.82) is 5.26 Å². The van der Waals surface area contributed by atoms with E-state index < -0.39 is 0 Å². The summed E-state index contributed by atoms with van der Waals surface area (Å²) >= 11 is 6.09. The van der Waals surface area contributed by atoms with Gasteiger partial charge in [-0.05, 0) is 0 Å². The largest absolute Gasteiger partial charge is 0.384 e. The van der Waals surface area contributed by atoms with Crippen molar-refractivity contribution < 1.29 is 4.74 Å². The molecule has 2 heterocycles. The first-order chi connectivity index (χ1) is 8.19. The van der Waals surface area contributed by atoms with Crippen molar-refractivity contribution in [2.45, 2.75) is 6.42 Å². The molecule has 6 nitrogen and oxygen atoms in total. The highest BCUT2D eigenvalue weighted by molar-refractivity contribution is 6.35. The van der Waals surface area contributed by atoms with Crippen molar-refractivity contribution in [3.8, 4) is 6.07 Å². The van der Waals surface area contributed by atoms with Crippen LogP contribution < -0.4 is 5.73 Å². The van der Waals surface area contributed by atoms with Gasteiger partial charge in [-0.2, -0.15) is 5.26 Å². The van der Waals surface area contributed by atoms with E-state index in [0.717, 1.165) is 0 Å². The summed E-state index contributed by atoms with van der Waals surface area (Å²) < 4.78 is 6.54. The summed E-state index contributed by atoms with van der Waals surface area (Å²) in [7, 11) is 1.59. The summed E-state index contributed by atoms with van der Waals surface area (Å²) in [5.74, 6) is 0.132. The van der Waals surface area contributed by atoms with Crippen molar-refractivity contribution in [3.05, 3.63) is 22.5 Å². The fourth-order valence-corrected chi connectivity index (χ4v) is 1.90. The number of nitrogens with two attached hydrogens (primary N) is 1. The van der Waals surface area contributed by atoms with E-state index in [1.165, 1.54) is 6.20 Å². The molecule has 0 aliphatic heterocycles. The number of nitriles is 1. The van der Waals surface area contributed by atoms with Gasteiger partial charge < -0.3 is 10.5 Å². The molecule has 0 saturated heterocycles. The predicted molar refractivity (Wildman–Crippen MR) is 62.7 cm³/mol. The molecule has 0 unspecified atom stereocenters. The van der Waals surface area contributed by atoms with Crippen LogP contribution in [0.15, 0.2) is 6.20 Å². The first kappa shape index (κ1) is 11.6. The quantitative estimate of drug-likeness (QED) is 0.880. The number of hydrogen-bond acceptors (Lipinski definition) is 5. The number of rotatable bonds is 3. The molecule has 7 heteroatoms. The van der Waals surface area contributed by atoms with Crippen LogP contribution in [0.2, 0.25) is 5.02 Å². The van der Waals surface area contributed by atoms with Crippen LogP contribution >= 0.6 is 11.6 Å². The normalized spacial score (nSPS) is 10.6. The Morgan fingerprint density at radius 2 is 2.41 bits per heavy atom. The lowest BCUT2D eigenvalue weighted by Crippen LogP contribution is -2.06. The Bertz CT molecular complexity index is 601. The molecule has 0 aliphatic rings. The van der Waals surface area contributed by atoms with Gasteiger partial charge in [0.2, 0.25) is 5.95 Å². The van der Waals surface area contributed by atoms with Crippen LogP contribution in [-0.2, 0) is 11.2 Å². The standard InChI is InChI=1S/C10H10ClN5O/c1-17-3-2-7-6(4-12)9(11)8-5-14-10(13)15-16(7)8/h5H,2-3H2,1H3,(H2,13,15). The molecule has 0 aliphatic carbocycles. The highest BCUT2D eigenvalue weighted by Crippen LogP contribution is 2.27. The van der Waals surface area contributed by atoms with E-state index in [-0.39, 0.29) is 5.95 Å². The molecular weight excluding hydrogens is 242 g/mol. The molecule has 2 aromatic heterocycles. The van der Waals surface area contributed by atoms with Gasteiger partial charge in [0.15, 0.2) is 0 Å². The number of ether oxygens (including phenoxy) is 1. The average molecular weight is 252 g/mol. The molecule has 0 fully saturated rings. The van der Waals surface area contributed by atoms with Crippen molar-refractivity contribution in [3.63, 3.8) is 0 Å². The average Bonchev–Trinajstić information content (AvgIpc) is 2.58. The van der Waals surface area contributed by atoms with Crippen molar-refractivity contribution in [2.75, 3.05) is 19.5 Å². The van der Waals surface area contributed by atoms with E-state index in [2.05, 4.69) is 16.2 Å². The number of halogens is 1. The third-order valence-electron chi connectivity index (χ3n) is 2.39. The second-order valence-corrected chi connectivity index (χ2v) is 3.78. The van der Waals surface area contributed by atoms with Gasteiger partial charge in [0, 0.05) is 13.5 Å². The number of nitrogen functional groups attached to an aromatic ring is 1. The van der Waals surface area contributed by atoms with Gasteiger partial charge in [-0.1, -0.05) is 11.6 Å². The Labute approximate surface area is 103 Å². The molecule has 0 spiro atoms. The van der Waals surface area contributed by atoms with Crippen molar-refractivity contribution in [1.82, 2.24) is 14.6 Å². The molecule has 2 rings (SSSR count). The molecule has 0 radical (unpaired) electrons. The number of fused-ring (bicyclic) bond motifs is 1. The number of aromatic nitrogens is 3. The third kappa shape index (κ3) is 1.90.